The van der Waals surface area contributed by atoms with Crippen molar-refractivity contribution in [2.75, 3.05) is 14.2 Å². The maximum absolute atomic E-state index is 6.36. The molecule has 0 heterocycles. The molecule has 1 atom stereocenters. The molecule has 1 saturated carbocycles. The van der Waals surface area contributed by atoms with Crippen molar-refractivity contribution in [3.8, 4) is 5.75 Å². The highest BCUT2D eigenvalue weighted by molar-refractivity contribution is 6.32. The van der Waals surface area contributed by atoms with Gasteiger partial charge in [0.1, 0.15) is 5.75 Å². The van der Waals surface area contributed by atoms with Gasteiger partial charge in [0.2, 0.25) is 0 Å². The normalized spacial score (nSPS) is 18.6. The second-order valence-corrected chi connectivity index (χ2v) is 5.58. The lowest BCUT2D eigenvalue weighted by atomic mass is 9.91. The molecule has 0 spiro atoms. The van der Waals surface area contributed by atoms with Crippen LogP contribution in [0.15, 0.2) is 6.07 Å². The third kappa shape index (κ3) is 2.11. The Morgan fingerprint density at radius 3 is 2.50 bits per heavy atom. The molecule has 1 aliphatic rings. The lowest BCUT2D eigenvalue weighted by molar-refractivity contribution is 0.385. The molecular formula is C14H21ClN2O. The molecule has 2 rings (SSSR count). The van der Waals surface area contributed by atoms with Crippen LogP contribution in [-0.4, -0.2) is 19.7 Å². The Labute approximate surface area is 114 Å². The summed E-state index contributed by atoms with van der Waals surface area (Å²) in [6.07, 6.45) is 2.07. The number of methoxy groups -OCH3 is 1. The number of nitrogens with one attached hydrogen (secondary N) is 1. The summed E-state index contributed by atoms with van der Waals surface area (Å²) in [6.45, 7) is 4.02. The van der Waals surface area contributed by atoms with E-state index in [2.05, 4.69) is 5.32 Å². The summed E-state index contributed by atoms with van der Waals surface area (Å²) in [4.78, 5) is 0. The Morgan fingerprint density at radius 2 is 2.06 bits per heavy atom. The van der Waals surface area contributed by atoms with E-state index in [1.54, 1.807) is 7.11 Å². The van der Waals surface area contributed by atoms with Crippen molar-refractivity contribution in [2.24, 2.45) is 5.73 Å². The van der Waals surface area contributed by atoms with Gasteiger partial charge in [-0.3, -0.25) is 0 Å². The van der Waals surface area contributed by atoms with Crippen molar-refractivity contribution < 1.29 is 4.74 Å². The fourth-order valence-corrected chi connectivity index (χ4v) is 2.77. The molecule has 1 aromatic rings. The highest BCUT2D eigenvalue weighted by atomic mass is 35.5. The molecular weight excluding hydrogens is 248 g/mol. The first-order valence-electron chi connectivity index (χ1n) is 6.24. The number of hydrogen-bond donors (Lipinski definition) is 2. The standard InChI is InChI=1S/C14H21ClN2O/c1-8-7-10(18-4)11(9(2)12(8)15)13(17-3)14(16)5-6-14/h7,13,17H,5-6,16H2,1-4H3. The number of aryl methyl sites for hydroxylation is 1. The average molecular weight is 269 g/mol. The zero-order valence-electron chi connectivity index (χ0n) is 11.4. The number of hydrogen-bond acceptors (Lipinski definition) is 3. The molecule has 18 heavy (non-hydrogen) atoms. The minimum Gasteiger partial charge on any atom is -0.496 e. The van der Waals surface area contributed by atoms with Crippen LogP contribution in [0.5, 0.6) is 5.75 Å². The SMILES string of the molecule is CNC(c1c(OC)cc(C)c(Cl)c1C)C1(N)CC1. The molecule has 3 N–H and O–H groups in total. The minimum atomic E-state index is -0.161. The van der Waals surface area contributed by atoms with Gasteiger partial charge in [-0.1, -0.05) is 11.6 Å². The molecule has 1 unspecified atom stereocenters. The van der Waals surface area contributed by atoms with Gasteiger partial charge in [0.25, 0.3) is 0 Å². The number of nitrogens with two attached hydrogens (primary N) is 1. The fraction of sp³-hybridized carbons (Fsp3) is 0.571. The van der Waals surface area contributed by atoms with E-state index in [-0.39, 0.29) is 11.6 Å². The van der Waals surface area contributed by atoms with Crippen LogP contribution in [0.1, 0.15) is 35.6 Å². The van der Waals surface area contributed by atoms with Crippen LogP contribution >= 0.6 is 11.6 Å². The van der Waals surface area contributed by atoms with E-state index >= 15 is 0 Å². The number of rotatable bonds is 4. The first-order valence-corrected chi connectivity index (χ1v) is 6.62. The van der Waals surface area contributed by atoms with E-state index in [0.29, 0.717) is 0 Å². The molecule has 1 fully saturated rings. The molecule has 0 amide bonds. The predicted molar refractivity (Wildman–Crippen MR) is 75.4 cm³/mol. The summed E-state index contributed by atoms with van der Waals surface area (Å²) >= 11 is 6.36. The van der Waals surface area contributed by atoms with Gasteiger partial charge in [-0.15, -0.1) is 0 Å². The van der Waals surface area contributed by atoms with Gasteiger partial charge in [-0.2, -0.15) is 0 Å². The van der Waals surface area contributed by atoms with Crippen molar-refractivity contribution in [1.29, 1.82) is 0 Å². The van der Waals surface area contributed by atoms with E-state index in [1.807, 2.05) is 27.0 Å². The zero-order valence-corrected chi connectivity index (χ0v) is 12.2. The van der Waals surface area contributed by atoms with Gasteiger partial charge < -0.3 is 15.8 Å². The molecule has 0 aromatic heterocycles. The second kappa shape index (κ2) is 4.72. The molecule has 4 heteroatoms. The maximum atomic E-state index is 6.36. The number of benzene rings is 1. The van der Waals surface area contributed by atoms with E-state index in [4.69, 9.17) is 22.1 Å². The van der Waals surface area contributed by atoms with Crippen molar-refractivity contribution in [3.05, 3.63) is 27.8 Å². The summed E-state index contributed by atoms with van der Waals surface area (Å²) < 4.78 is 5.51. The van der Waals surface area contributed by atoms with E-state index in [0.717, 1.165) is 40.3 Å². The molecule has 3 nitrogen and oxygen atoms in total. The topological polar surface area (TPSA) is 47.3 Å². The Morgan fingerprint density at radius 1 is 1.44 bits per heavy atom. The largest absolute Gasteiger partial charge is 0.496 e. The highest BCUT2D eigenvalue weighted by Gasteiger charge is 2.47. The Bertz CT molecular complexity index is 469. The Hall–Kier alpha value is -0.770. The minimum absolute atomic E-state index is 0.0885. The van der Waals surface area contributed by atoms with E-state index in [9.17, 15) is 0 Å². The van der Waals surface area contributed by atoms with E-state index in [1.165, 1.54) is 0 Å². The van der Waals surface area contributed by atoms with E-state index < -0.39 is 0 Å². The second-order valence-electron chi connectivity index (χ2n) is 5.20. The van der Waals surface area contributed by atoms with Gasteiger partial charge in [-0.05, 0) is 50.9 Å². The molecule has 1 aromatic carbocycles. The van der Waals surface area contributed by atoms with Crippen LogP contribution < -0.4 is 15.8 Å². The molecule has 0 radical (unpaired) electrons. The van der Waals surface area contributed by atoms with Gasteiger partial charge in [-0.25, -0.2) is 0 Å². The Kier molecular flexibility index (Phi) is 3.58. The van der Waals surface area contributed by atoms with Crippen LogP contribution in [0, 0.1) is 13.8 Å². The van der Waals surface area contributed by atoms with Crippen LogP contribution in [-0.2, 0) is 0 Å². The van der Waals surface area contributed by atoms with Crippen molar-refractivity contribution >= 4 is 11.6 Å². The Balaban J connectivity index is 2.57. The van der Waals surface area contributed by atoms with Crippen LogP contribution in [0.2, 0.25) is 5.02 Å². The maximum Gasteiger partial charge on any atom is 0.124 e. The number of halogens is 1. The first kappa shape index (κ1) is 13.7. The monoisotopic (exact) mass is 268 g/mol. The van der Waals surface area contributed by atoms with Crippen LogP contribution in [0.25, 0.3) is 0 Å². The summed E-state index contributed by atoms with van der Waals surface area (Å²) in [6, 6.07) is 2.08. The van der Waals surface area contributed by atoms with Crippen molar-refractivity contribution in [2.45, 2.75) is 38.3 Å². The molecule has 0 saturated heterocycles. The zero-order chi connectivity index (χ0) is 13.5. The van der Waals surface area contributed by atoms with Crippen LogP contribution in [0.4, 0.5) is 0 Å². The molecule has 100 valence electrons. The van der Waals surface area contributed by atoms with Gasteiger partial charge in [0.15, 0.2) is 0 Å². The van der Waals surface area contributed by atoms with Crippen molar-refractivity contribution in [3.63, 3.8) is 0 Å². The van der Waals surface area contributed by atoms with Gasteiger partial charge >= 0.3 is 0 Å². The van der Waals surface area contributed by atoms with Crippen molar-refractivity contribution in [1.82, 2.24) is 5.32 Å². The fourth-order valence-electron chi connectivity index (χ4n) is 2.62. The lowest BCUT2D eigenvalue weighted by Gasteiger charge is -2.28. The highest BCUT2D eigenvalue weighted by Crippen LogP contribution is 2.48. The predicted octanol–water partition coefficient (Wildman–Crippen LogP) is 2.72. The number of ether oxygens (including phenoxy) is 1. The summed E-state index contributed by atoms with van der Waals surface area (Å²) in [5.41, 5.74) is 9.38. The number of likely N-dealkylation sites (N-methyl/N-ethyl adjacent to an activating group) is 1. The smallest absolute Gasteiger partial charge is 0.124 e. The third-order valence-electron chi connectivity index (χ3n) is 3.89. The average Bonchev–Trinajstić information content (AvgIpc) is 3.08. The summed E-state index contributed by atoms with van der Waals surface area (Å²) in [7, 11) is 3.62. The summed E-state index contributed by atoms with van der Waals surface area (Å²) in [5, 5.41) is 4.12. The van der Waals surface area contributed by atoms with Gasteiger partial charge in [0.05, 0.1) is 13.2 Å². The molecule has 1 aliphatic carbocycles. The summed E-state index contributed by atoms with van der Waals surface area (Å²) in [5.74, 6) is 0.866. The molecule has 0 bridgehead atoms. The molecule has 0 aliphatic heterocycles. The lowest BCUT2D eigenvalue weighted by Crippen LogP contribution is -2.39. The third-order valence-corrected chi connectivity index (χ3v) is 4.47. The van der Waals surface area contributed by atoms with Gasteiger partial charge in [0, 0.05) is 16.1 Å². The van der Waals surface area contributed by atoms with Crippen LogP contribution in [0.3, 0.4) is 0 Å². The first-order chi connectivity index (χ1) is 8.44. The quantitative estimate of drug-likeness (QED) is 0.883.